The van der Waals surface area contributed by atoms with E-state index >= 15 is 0 Å². The maximum Gasteiger partial charge on any atom is 0.208 e. The number of hydrogen-bond donors (Lipinski definition) is 0. The summed E-state index contributed by atoms with van der Waals surface area (Å²) >= 11 is 0. The number of rotatable bonds is 2. The van der Waals surface area contributed by atoms with Crippen molar-refractivity contribution in [1.29, 1.82) is 0 Å². The van der Waals surface area contributed by atoms with E-state index < -0.39 is 17.0 Å². The van der Waals surface area contributed by atoms with E-state index in [-0.39, 0.29) is 9.79 Å². The lowest BCUT2D eigenvalue weighted by Gasteiger charge is -2.29. The predicted octanol–water partition coefficient (Wildman–Crippen LogP) is 5.57. The van der Waals surface area contributed by atoms with Crippen LogP contribution in [0.4, 0.5) is 0 Å². The number of sulfone groups is 1. The molecule has 0 radical (unpaired) electrons. The molecule has 2 heterocycles. The van der Waals surface area contributed by atoms with Crippen LogP contribution in [0.5, 0.6) is 0 Å². The van der Waals surface area contributed by atoms with Gasteiger partial charge in [0.15, 0.2) is 7.14 Å². The third-order valence-electron chi connectivity index (χ3n) is 7.02. The summed E-state index contributed by atoms with van der Waals surface area (Å²) in [6.45, 7) is 0. The lowest BCUT2D eigenvalue weighted by atomic mass is 10.2. The van der Waals surface area contributed by atoms with Gasteiger partial charge in [-0.05, 0) is 42.5 Å². The summed E-state index contributed by atoms with van der Waals surface area (Å²) in [4.78, 5) is 0.219. The molecule has 4 nitrogen and oxygen atoms in total. The molecule has 0 N–H and O–H groups in total. The summed E-state index contributed by atoms with van der Waals surface area (Å²) in [6.07, 6.45) is 0. The minimum Gasteiger partial charge on any atom is -0.309 e. The van der Waals surface area contributed by atoms with E-state index in [1.165, 1.54) is 0 Å². The van der Waals surface area contributed by atoms with Crippen molar-refractivity contribution in [2.45, 2.75) is 9.79 Å². The summed E-state index contributed by atoms with van der Waals surface area (Å²) in [7, 11) is -7.29. The Kier molecular flexibility index (Phi) is 4.47. The molecule has 0 aliphatic carbocycles. The van der Waals surface area contributed by atoms with Gasteiger partial charge in [0.05, 0.1) is 20.8 Å². The average Bonchev–Trinajstić information content (AvgIpc) is 3.27. The maximum absolute atomic E-state index is 14.9. The van der Waals surface area contributed by atoms with Crippen LogP contribution in [0.15, 0.2) is 131 Å². The Morgan fingerprint density at radius 2 is 1.11 bits per heavy atom. The first-order valence-corrected chi connectivity index (χ1v) is 14.8. The molecule has 1 unspecified atom stereocenters. The van der Waals surface area contributed by atoms with Crippen LogP contribution >= 0.6 is 7.14 Å². The minimum absolute atomic E-state index is 0.104. The molecular formula is C30H20NO3PS. The maximum atomic E-state index is 14.9. The summed E-state index contributed by atoms with van der Waals surface area (Å²) < 4.78 is 44.9. The van der Waals surface area contributed by atoms with E-state index in [0.29, 0.717) is 21.6 Å². The van der Waals surface area contributed by atoms with Gasteiger partial charge in [0.1, 0.15) is 0 Å². The molecular weight excluding hydrogens is 485 g/mol. The second-order valence-corrected chi connectivity index (χ2v) is 13.5. The minimum atomic E-state index is -3.89. The second-order valence-electron chi connectivity index (χ2n) is 8.94. The molecule has 0 saturated carbocycles. The van der Waals surface area contributed by atoms with E-state index in [2.05, 4.69) is 16.7 Å². The SMILES string of the molecule is O=P1(c2ccccc2)c2ccccc2S(=O)(=O)c2cc(-n3c4ccccc4c4ccccc43)ccc21. The van der Waals surface area contributed by atoms with Crippen molar-refractivity contribution in [3.8, 4) is 5.69 Å². The number of nitrogens with zero attached hydrogens (tertiary/aromatic N) is 1. The second kappa shape index (κ2) is 7.54. The molecule has 6 heteroatoms. The van der Waals surface area contributed by atoms with Crippen molar-refractivity contribution in [1.82, 2.24) is 4.57 Å². The molecule has 1 atom stereocenters. The molecule has 174 valence electrons. The Balaban J connectivity index is 1.58. The summed E-state index contributed by atoms with van der Waals surface area (Å²) in [5.74, 6) is 0. The normalized spacial score (nSPS) is 18.1. The molecule has 0 saturated heterocycles. The fraction of sp³-hybridized carbons (Fsp3) is 0. The van der Waals surface area contributed by atoms with Crippen LogP contribution in [0.1, 0.15) is 0 Å². The fourth-order valence-corrected chi connectivity index (χ4v) is 11.1. The first-order chi connectivity index (χ1) is 17.5. The largest absolute Gasteiger partial charge is 0.309 e. The number of fused-ring (bicyclic) bond motifs is 5. The third kappa shape index (κ3) is 2.76. The molecule has 7 rings (SSSR count). The topological polar surface area (TPSA) is 56.1 Å². The van der Waals surface area contributed by atoms with Crippen LogP contribution in [0.25, 0.3) is 27.5 Å². The van der Waals surface area contributed by atoms with Crippen molar-refractivity contribution in [2.75, 3.05) is 0 Å². The van der Waals surface area contributed by atoms with Crippen molar-refractivity contribution in [3.05, 3.63) is 121 Å². The highest BCUT2D eigenvalue weighted by molar-refractivity contribution is 7.96. The first kappa shape index (κ1) is 21.4. The molecule has 0 spiro atoms. The molecule has 0 fully saturated rings. The van der Waals surface area contributed by atoms with Gasteiger partial charge in [0.2, 0.25) is 9.84 Å². The van der Waals surface area contributed by atoms with Crippen molar-refractivity contribution >= 4 is 54.7 Å². The zero-order valence-corrected chi connectivity index (χ0v) is 20.8. The quantitative estimate of drug-likeness (QED) is 0.289. The third-order valence-corrected chi connectivity index (χ3v) is 12.3. The molecule has 36 heavy (non-hydrogen) atoms. The standard InChI is InChI=1S/C30H20NO3PS/c32-35(22-10-2-1-3-11-22)27-16-8-9-17-29(27)36(33,34)30-20-21(18-19-28(30)35)31-25-14-6-4-12-23(25)24-13-5-7-15-26(24)31/h1-20H. The highest BCUT2D eigenvalue weighted by Gasteiger charge is 2.44. The van der Waals surface area contributed by atoms with Gasteiger partial charge in [-0.15, -0.1) is 0 Å². The lowest BCUT2D eigenvalue weighted by Crippen LogP contribution is -2.36. The van der Waals surface area contributed by atoms with Crippen LogP contribution < -0.4 is 15.9 Å². The van der Waals surface area contributed by atoms with Gasteiger partial charge >= 0.3 is 0 Å². The Labute approximate surface area is 208 Å². The Morgan fingerprint density at radius 1 is 0.556 bits per heavy atom. The zero-order chi connectivity index (χ0) is 24.5. The van der Waals surface area contributed by atoms with Gasteiger partial charge < -0.3 is 9.13 Å². The Bertz CT molecular complexity index is 1940. The highest BCUT2D eigenvalue weighted by atomic mass is 32.2. The first-order valence-electron chi connectivity index (χ1n) is 11.6. The van der Waals surface area contributed by atoms with E-state index in [1.54, 1.807) is 36.4 Å². The highest BCUT2D eigenvalue weighted by Crippen LogP contribution is 2.50. The number of aromatic nitrogens is 1. The number of para-hydroxylation sites is 2. The van der Waals surface area contributed by atoms with Crippen molar-refractivity contribution in [2.24, 2.45) is 0 Å². The summed E-state index contributed by atoms with van der Waals surface area (Å²) in [6, 6.07) is 37.4. The van der Waals surface area contributed by atoms with Gasteiger partial charge in [0, 0.05) is 32.4 Å². The van der Waals surface area contributed by atoms with Crippen molar-refractivity contribution < 1.29 is 13.0 Å². The predicted molar refractivity (Wildman–Crippen MR) is 146 cm³/mol. The molecule has 5 aromatic carbocycles. The van der Waals surface area contributed by atoms with Gasteiger partial charge in [-0.2, -0.15) is 0 Å². The van der Waals surface area contributed by atoms with E-state index in [9.17, 15) is 13.0 Å². The summed E-state index contributed by atoms with van der Waals surface area (Å²) in [5, 5.41) is 3.53. The van der Waals surface area contributed by atoms with E-state index in [0.717, 1.165) is 21.8 Å². The van der Waals surface area contributed by atoms with Gasteiger partial charge in [0.25, 0.3) is 0 Å². The van der Waals surface area contributed by atoms with Crippen LogP contribution in [0, 0.1) is 0 Å². The molecule has 0 bridgehead atoms. The molecule has 6 aromatic rings. The van der Waals surface area contributed by atoms with Crippen LogP contribution in [-0.4, -0.2) is 13.0 Å². The number of benzene rings is 5. The fourth-order valence-electron chi connectivity index (χ4n) is 5.43. The van der Waals surface area contributed by atoms with Crippen molar-refractivity contribution in [3.63, 3.8) is 0 Å². The molecule has 1 aromatic heterocycles. The van der Waals surface area contributed by atoms with Gasteiger partial charge in [-0.3, -0.25) is 0 Å². The molecule has 1 aliphatic rings. The van der Waals surface area contributed by atoms with Gasteiger partial charge in [-0.25, -0.2) is 8.42 Å². The average molecular weight is 506 g/mol. The van der Waals surface area contributed by atoms with E-state index in [1.807, 2.05) is 72.8 Å². The smallest absolute Gasteiger partial charge is 0.208 e. The Hall–Kier alpha value is -3.92. The van der Waals surface area contributed by atoms with Crippen LogP contribution in [-0.2, 0) is 14.4 Å². The van der Waals surface area contributed by atoms with Crippen LogP contribution in [0.3, 0.4) is 0 Å². The molecule has 0 amide bonds. The van der Waals surface area contributed by atoms with E-state index in [4.69, 9.17) is 0 Å². The monoisotopic (exact) mass is 505 g/mol. The zero-order valence-electron chi connectivity index (χ0n) is 19.1. The lowest BCUT2D eigenvalue weighted by molar-refractivity contribution is 0.585. The number of hydrogen-bond acceptors (Lipinski definition) is 3. The molecule has 1 aliphatic heterocycles. The van der Waals surface area contributed by atoms with Crippen LogP contribution in [0.2, 0.25) is 0 Å². The van der Waals surface area contributed by atoms with Gasteiger partial charge in [-0.1, -0.05) is 78.9 Å². The summed E-state index contributed by atoms with van der Waals surface area (Å²) in [5.41, 5.74) is 2.69. The Morgan fingerprint density at radius 3 is 1.81 bits per heavy atom.